The van der Waals surface area contributed by atoms with Gasteiger partial charge < -0.3 is 10.5 Å². The van der Waals surface area contributed by atoms with Gasteiger partial charge in [0.25, 0.3) is 0 Å². The summed E-state index contributed by atoms with van der Waals surface area (Å²) in [6.07, 6.45) is 2.38. The Morgan fingerprint density at radius 1 is 1.30 bits per heavy atom. The molecule has 2 N–H and O–H groups in total. The zero-order valence-electron chi connectivity index (χ0n) is 11.1. The van der Waals surface area contributed by atoms with Crippen LogP contribution in [-0.2, 0) is 13.0 Å². The van der Waals surface area contributed by atoms with Gasteiger partial charge in [0.05, 0.1) is 10.7 Å². The Balaban J connectivity index is 2.21. The maximum atomic E-state index is 6.21. The SMILES string of the molecule is CC(N)Cc1cc(Cl)cc(Cl)c1OCc1ccccn1. The lowest BCUT2D eigenvalue weighted by atomic mass is 10.1. The fourth-order valence-corrected chi connectivity index (χ4v) is 2.49. The van der Waals surface area contributed by atoms with Crippen LogP contribution in [0.1, 0.15) is 18.2 Å². The molecule has 0 saturated carbocycles. The van der Waals surface area contributed by atoms with Gasteiger partial charge in [0.1, 0.15) is 12.4 Å². The standard InChI is InChI=1S/C15H16Cl2N2O/c1-10(18)6-11-7-12(16)8-14(17)15(11)20-9-13-4-2-3-5-19-13/h2-5,7-8,10H,6,9,18H2,1H3. The van der Waals surface area contributed by atoms with E-state index in [1.807, 2.05) is 31.2 Å². The van der Waals surface area contributed by atoms with Gasteiger partial charge >= 0.3 is 0 Å². The second-order valence-electron chi connectivity index (χ2n) is 4.67. The number of nitrogens with zero attached hydrogens (tertiary/aromatic N) is 1. The average Bonchev–Trinajstić information content (AvgIpc) is 2.38. The number of rotatable bonds is 5. The third-order valence-corrected chi connectivity index (χ3v) is 3.22. The molecule has 0 saturated heterocycles. The van der Waals surface area contributed by atoms with Gasteiger partial charge in [-0.05, 0) is 43.2 Å². The van der Waals surface area contributed by atoms with Crippen LogP contribution in [0.2, 0.25) is 10.0 Å². The summed E-state index contributed by atoms with van der Waals surface area (Å²) in [6.45, 7) is 2.28. The van der Waals surface area contributed by atoms with E-state index in [1.54, 1.807) is 12.3 Å². The average molecular weight is 311 g/mol. The van der Waals surface area contributed by atoms with Crippen LogP contribution < -0.4 is 10.5 Å². The number of ether oxygens (including phenoxy) is 1. The predicted molar refractivity (Wildman–Crippen MR) is 82.4 cm³/mol. The Morgan fingerprint density at radius 2 is 2.10 bits per heavy atom. The Kier molecular flexibility index (Phi) is 5.24. The first-order valence-corrected chi connectivity index (χ1v) is 7.08. The van der Waals surface area contributed by atoms with Crippen molar-refractivity contribution in [3.05, 3.63) is 57.8 Å². The van der Waals surface area contributed by atoms with Crippen LogP contribution in [0.3, 0.4) is 0 Å². The van der Waals surface area contributed by atoms with Gasteiger partial charge in [-0.15, -0.1) is 0 Å². The number of halogens is 2. The molecule has 2 aromatic rings. The van der Waals surface area contributed by atoms with E-state index in [4.69, 9.17) is 33.7 Å². The molecule has 0 amide bonds. The van der Waals surface area contributed by atoms with Crippen LogP contribution in [0.15, 0.2) is 36.5 Å². The Bertz CT molecular complexity index is 574. The summed E-state index contributed by atoms with van der Waals surface area (Å²) >= 11 is 12.2. The van der Waals surface area contributed by atoms with Crippen LogP contribution in [0.4, 0.5) is 0 Å². The number of pyridine rings is 1. The van der Waals surface area contributed by atoms with Crippen molar-refractivity contribution in [2.24, 2.45) is 5.73 Å². The summed E-state index contributed by atoms with van der Waals surface area (Å²) in [4.78, 5) is 4.21. The van der Waals surface area contributed by atoms with Crippen molar-refractivity contribution in [2.45, 2.75) is 26.0 Å². The first-order chi connectivity index (χ1) is 9.56. The van der Waals surface area contributed by atoms with Crippen molar-refractivity contribution in [3.63, 3.8) is 0 Å². The Hall–Kier alpha value is -1.29. The molecule has 3 nitrogen and oxygen atoms in total. The number of hydrogen-bond donors (Lipinski definition) is 1. The monoisotopic (exact) mass is 310 g/mol. The van der Waals surface area contributed by atoms with E-state index in [2.05, 4.69) is 4.98 Å². The summed E-state index contributed by atoms with van der Waals surface area (Å²) in [5, 5.41) is 1.07. The molecular formula is C15H16Cl2N2O. The molecule has 0 aliphatic carbocycles. The quantitative estimate of drug-likeness (QED) is 0.912. The van der Waals surface area contributed by atoms with E-state index in [-0.39, 0.29) is 6.04 Å². The zero-order valence-corrected chi connectivity index (χ0v) is 12.7. The van der Waals surface area contributed by atoms with Gasteiger partial charge in [0.15, 0.2) is 0 Å². The highest BCUT2D eigenvalue weighted by atomic mass is 35.5. The zero-order chi connectivity index (χ0) is 14.5. The maximum absolute atomic E-state index is 6.21. The van der Waals surface area contributed by atoms with Crippen molar-refractivity contribution in [1.82, 2.24) is 4.98 Å². The molecule has 2 rings (SSSR count). The van der Waals surface area contributed by atoms with E-state index in [0.717, 1.165) is 11.3 Å². The highest BCUT2D eigenvalue weighted by Crippen LogP contribution is 2.33. The van der Waals surface area contributed by atoms with Gasteiger partial charge in [0.2, 0.25) is 0 Å². The molecule has 0 fully saturated rings. The van der Waals surface area contributed by atoms with Crippen molar-refractivity contribution in [3.8, 4) is 5.75 Å². The third kappa shape index (κ3) is 4.10. The van der Waals surface area contributed by atoms with E-state index >= 15 is 0 Å². The van der Waals surface area contributed by atoms with Crippen LogP contribution >= 0.6 is 23.2 Å². The molecule has 5 heteroatoms. The van der Waals surface area contributed by atoms with E-state index < -0.39 is 0 Å². The second-order valence-corrected chi connectivity index (χ2v) is 5.51. The fraction of sp³-hybridized carbons (Fsp3) is 0.267. The molecule has 0 aliphatic heterocycles. The lowest BCUT2D eigenvalue weighted by Gasteiger charge is -2.15. The van der Waals surface area contributed by atoms with E-state index in [9.17, 15) is 0 Å². The lowest BCUT2D eigenvalue weighted by Crippen LogP contribution is -2.18. The molecule has 0 radical (unpaired) electrons. The minimum Gasteiger partial charge on any atom is -0.485 e. The molecule has 1 heterocycles. The highest BCUT2D eigenvalue weighted by Gasteiger charge is 2.12. The van der Waals surface area contributed by atoms with Crippen molar-refractivity contribution >= 4 is 23.2 Å². The van der Waals surface area contributed by atoms with Crippen LogP contribution in [-0.4, -0.2) is 11.0 Å². The van der Waals surface area contributed by atoms with Crippen LogP contribution in [0.25, 0.3) is 0 Å². The number of benzene rings is 1. The first-order valence-electron chi connectivity index (χ1n) is 6.32. The topological polar surface area (TPSA) is 48.1 Å². The molecule has 20 heavy (non-hydrogen) atoms. The predicted octanol–water partition coefficient (Wildman–Crippen LogP) is 3.86. The molecule has 0 bridgehead atoms. The molecule has 0 aliphatic rings. The maximum Gasteiger partial charge on any atom is 0.141 e. The van der Waals surface area contributed by atoms with Crippen molar-refractivity contribution in [1.29, 1.82) is 0 Å². The molecule has 1 unspecified atom stereocenters. The minimum absolute atomic E-state index is 0.00161. The smallest absolute Gasteiger partial charge is 0.141 e. The summed E-state index contributed by atoms with van der Waals surface area (Å²) in [6, 6.07) is 9.18. The van der Waals surface area contributed by atoms with E-state index in [0.29, 0.717) is 28.8 Å². The lowest BCUT2D eigenvalue weighted by molar-refractivity contribution is 0.298. The van der Waals surface area contributed by atoms with Crippen LogP contribution in [0.5, 0.6) is 5.75 Å². The first kappa shape index (κ1) is 15.1. The minimum atomic E-state index is 0.00161. The largest absolute Gasteiger partial charge is 0.485 e. The molecule has 0 spiro atoms. The van der Waals surface area contributed by atoms with Crippen LogP contribution in [0, 0.1) is 0 Å². The summed E-state index contributed by atoms with van der Waals surface area (Å²) < 4.78 is 5.80. The fourth-order valence-electron chi connectivity index (χ4n) is 1.90. The molecular weight excluding hydrogens is 295 g/mol. The normalized spacial score (nSPS) is 12.2. The van der Waals surface area contributed by atoms with Gasteiger partial charge in [-0.3, -0.25) is 4.98 Å². The molecule has 1 atom stereocenters. The third-order valence-electron chi connectivity index (χ3n) is 2.72. The van der Waals surface area contributed by atoms with Gasteiger partial charge in [0, 0.05) is 17.3 Å². The van der Waals surface area contributed by atoms with Crippen molar-refractivity contribution < 1.29 is 4.74 Å². The summed E-state index contributed by atoms with van der Waals surface area (Å²) in [5.74, 6) is 0.624. The number of aromatic nitrogens is 1. The summed E-state index contributed by atoms with van der Waals surface area (Å²) in [7, 11) is 0. The van der Waals surface area contributed by atoms with Crippen molar-refractivity contribution in [2.75, 3.05) is 0 Å². The molecule has 106 valence electrons. The highest BCUT2D eigenvalue weighted by molar-refractivity contribution is 6.35. The Morgan fingerprint density at radius 3 is 2.75 bits per heavy atom. The van der Waals surface area contributed by atoms with Gasteiger partial charge in [-0.2, -0.15) is 0 Å². The number of hydrogen-bond acceptors (Lipinski definition) is 3. The van der Waals surface area contributed by atoms with E-state index in [1.165, 1.54) is 0 Å². The summed E-state index contributed by atoms with van der Waals surface area (Å²) in [5.41, 5.74) is 7.60. The number of nitrogens with two attached hydrogens (primary N) is 1. The molecule has 1 aromatic heterocycles. The van der Waals surface area contributed by atoms with Gasteiger partial charge in [-0.1, -0.05) is 29.3 Å². The second kappa shape index (κ2) is 6.93. The Labute approximate surface area is 128 Å². The molecule has 1 aromatic carbocycles. The van der Waals surface area contributed by atoms with Gasteiger partial charge in [-0.25, -0.2) is 0 Å².